The number of alkyl halides is 3. The van der Waals surface area contributed by atoms with Crippen molar-refractivity contribution in [1.29, 1.82) is 0 Å². The van der Waals surface area contributed by atoms with Crippen LogP contribution in [0.4, 0.5) is 22.4 Å². The summed E-state index contributed by atoms with van der Waals surface area (Å²) in [6, 6.07) is 16.2. The molecule has 0 aliphatic heterocycles. The minimum atomic E-state index is -4.77. The first kappa shape index (κ1) is 32.3. The van der Waals surface area contributed by atoms with Crippen molar-refractivity contribution in [2.45, 2.75) is 46.0 Å². The average molecular weight is 656 g/mol. The van der Waals surface area contributed by atoms with E-state index in [2.05, 4.69) is 25.1 Å². The van der Waals surface area contributed by atoms with Gasteiger partial charge in [0.2, 0.25) is 4.80 Å². The van der Waals surface area contributed by atoms with E-state index in [1.807, 2.05) is 38.1 Å². The fraction of sp³-hybridized carbons (Fsp3) is 0.258. The predicted octanol–water partition coefficient (Wildman–Crippen LogP) is 5.98. The second kappa shape index (κ2) is 13.5. The minimum absolute atomic E-state index is 0.000430. The number of benzene rings is 3. The quantitative estimate of drug-likeness (QED) is 0.197. The summed E-state index contributed by atoms with van der Waals surface area (Å²) in [5, 5.41) is 7.14. The Kier molecular flexibility index (Phi) is 9.51. The van der Waals surface area contributed by atoms with Crippen molar-refractivity contribution in [3.8, 4) is 28.5 Å². The zero-order valence-electron chi connectivity index (χ0n) is 25.0. The van der Waals surface area contributed by atoms with Crippen LogP contribution in [0.2, 0.25) is 0 Å². The molecular weight excluding hydrogens is 626 g/mol. The first-order chi connectivity index (χ1) is 21.9. The highest BCUT2D eigenvalue weighted by Crippen LogP contribution is 2.25. The highest BCUT2D eigenvalue weighted by atomic mass is 32.1. The number of aromatic nitrogens is 5. The second-order valence-corrected chi connectivity index (χ2v) is 11.4. The Bertz CT molecular complexity index is 1960. The molecule has 1 N–H and O–H groups in total. The molecular formula is C31H29F4N7O3S. The maximum Gasteiger partial charge on any atom is 0.573 e. The largest absolute Gasteiger partial charge is 0.573 e. The van der Waals surface area contributed by atoms with Gasteiger partial charge in [-0.15, -0.1) is 18.3 Å². The Balaban J connectivity index is 1.24. The Hall–Kier alpha value is -5.05. The first-order valence-electron chi connectivity index (χ1n) is 14.2. The third-order valence-corrected chi connectivity index (χ3v) is 7.93. The molecule has 0 aliphatic carbocycles. The molecule has 0 atom stereocenters. The molecule has 15 heteroatoms. The van der Waals surface area contributed by atoms with Crippen LogP contribution in [0, 0.1) is 5.82 Å². The van der Waals surface area contributed by atoms with Crippen molar-refractivity contribution in [2.24, 2.45) is 4.99 Å². The number of carbonyl (C=O) groups is 1. The lowest BCUT2D eigenvalue weighted by Crippen LogP contribution is -2.31. The van der Waals surface area contributed by atoms with Crippen LogP contribution >= 0.6 is 11.5 Å². The molecule has 2 aromatic heterocycles. The van der Waals surface area contributed by atoms with Gasteiger partial charge in [0.15, 0.2) is 5.82 Å². The van der Waals surface area contributed by atoms with E-state index in [9.17, 15) is 27.2 Å². The Labute approximate surface area is 264 Å². The number of halogens is 4. The first-order valence-corrected chi connectivity index (χ1v) is 15.0. The van der Waals surface area contributed by atoms with Crippen molar-refractivity contribution >= 4 is 17.6 Å². The molecule has 0 radical (unpaired) electrons. The van der Waals surface area contributed by atoms with Crippen molar-refractivity contribution in [1.82, 2.24) is 28.6 Å². The predicted molar refractivity (Wildman–Crippen MR) is 164 cm³/mol. The molecule has 5 rings (SSSR count). The van der Waals surface area contributed by atoms with Crippen molar-refractivity contribution in [3.05, 3.63) is 105 Å². The van der Waals surface area contributed by atoms with Crippen molar-refractivity contribution in [3.63, 3.8) is 0 Å². The van der Waals surface area contributed by atoms with Crippen molar-refractivity contribution in [2.75, 3.05) is 6.54 Å². The maximum absolute atomic E-state index is 14.2. The standard InChI is InChI=1S/C31H29F4N7O3S/c1-4-41-30(44)42(26-17-22(32)9-14-25(26)19(2)3)29(46-41)38-28(43)36-16-15-20-5-7-21(8-6-20)27-37-18-40(39-27)23-10-12-24(13-11-23)45-31(33,34)35/h5-14,17-19H,4,15-16H2,1-3H3,(H,36,43). The number of nitrogens with zero attached hydrogens (tertiary/aromatic N) is 6. The smallest absolute Gasteiger partial charge is 0.406 e. The summed E-state index contributed by atoms with van der Waals surface area (Å²) in [6.45, 7) is 6.30. The summed E-state index contributed by atoms with van der Waals surface area (Å²) in [7, 11) is 0. The Morgan fingerprint density at radius 3 is 2.43 bits per heavy atom. The molecule has 10 nitrogen and oxygen atoms in total. The molecule has 0 saturated carbocycles. The molecule has 240 valence electrons. The van der Waals surface area contributed by atoms with E-state index in [1.165, 1.54) is 55.9 Å². The number of nitrogens with one attached hydrogen (secondary N) is 1. The van der Waals surface area contributed by atoms with Crippen LogP contribution in [-0.4, -0.2) is 42.2 Å². The molecule has 2 heterocycles. The molecule has 0 fully saturated rings. The van der Waals surface area contributed by atoms with Crippen LogP contribution in [0.5, 0.6) is 5.75 Å². The number of hydrogen-bond donors (Lipinski definition) is 1. The molecule has 2 amide bonds. The molecule has 3 aromatic carbocycles. The molecule has 0 aliphatic rings. The number of rotatable bonds is 9. The van der Waals surface area contributed by atoms with E-state index in [1.54, 1.807) is 13.0 Å². The maximum atomic E-state index is 14.2. The van der Waals surface area contributed by atoms with Gasteiger partial charge < -0.3 is 10.1 Å². The van der Waals surface area contributed by atoms with E-state index in [0.717, 1.165) is 28.2 Å². The minimum Gasteiger partial charge on any atom is -0.406 e. The average Bonchev–Trinajstić information content (AvgIpc) is 3.61. The molecule has 0 bridgehead atoms. The highest BCUT2D eigenvalue weighted by Gasteiger charge is 2.31. The third kappa shape index (κ3) is 7.59. The summed E-state index contributed by atoms with van der Waals surface area (Å²) in [4.78, 5) is 34.5. The summed E-state index contributed by atoms with van der Waals surface area (Å²) in [5.41, 5.74) is 2.84. The van der Waals surface area contributed by atoms with Crippen LogP contribution in [0.25, 0.3) is 22.8 Å². The summed E-state index contributed by atoms with van der Waals surface area (Å²) >= 11 is 1.02. The van der Waals surface area contributed by atoms with Crippen molar-refractivity contribution < 1.29 is 27.1 Å². The second-order valence-electron chi connectivity index (χ2n) is 10.4. The molecule has 0 spiro atoms. The lowest BCUT2D eigenvalue weighted by atomic mass is 10.0. The van der Waals surface area contributed by atoms with E-state index >= 15 is 0 Å². The number of hydrogen-bond acceptors (Lipinski definition) is 6. The van der Waals surface area contributed by atoms with E-state index in [-0.39, 0.29) is 23.0 Å². The third-order valence-electron chi connectivity index (χ3n) is 6.86. The summed E-state index contributed by atoms with van der Waals surface area (Å²) in [6.07, 6.45) is -2.83. The number of amides is 2. The van der Waals surface area contributed by atoms with E-state index in [4.69, 9.17) is 0 Å². The SMILES string of the molecule is CCn1sc(=NC(=O)NCCc2ccc(-c3ncn(-c4ccc(OC(F)(F)F)cc4)n3)cc2)n(-c2cc(F)ccc2C(C)C)c1=O. The van der Waals surface area contributed by atoms with Gasteiger partial charge in [-0.2, -0.15) is 4.99 Å². The summed E-state index contributed by atoms with van der Waals surface area (Å²) < 4.78 is 59.5. The zero-order chi connectivity index (χ0) is 33.0. The van der Waals surface area contributed by atoms with Crippen LogP contribution in [0.3, 0.4) is 0 Å². The number of urea groups is 1. The fourth-order valence-corrected chi connectivity index (χ4v) is 5.50. The number of aryl methyl sites for hydroxylation is 1. The lowest BCUT2D eigenvalue weighted by Gasteiger charge is -2.12. The van der Waals surface area contributed by atoms with Crippen LogP contribution < -0.4 is 20.5 Å². The highest BCUT2D eigenvalue weighted by molar-refractivity contribution is 7.03. The molecule has 5 aromatic rings. The van der Waals surface area contributed by atoms with Crippen LogP contribution in [-0.2, 0) is 13.0 Å². The van der Waals surface area contributed by atoms with Gasteiger partial charge in [-0.25, -0.2) is 32.2 Å². The van der Waals surface area contributed by atoms with Gasteiger partial charge >= 0.3 is 18.1 Å². The topological polar surface area (TPSA) is 108 Å². The molecule has 0 saturated heterocycles. The van der Waals surface area contributed by atoms with E-state index in [0.29, 0.717) is 30.2 Å². The van der Waals surface area contributed by atoms with Gasteiger partial charge in [0.05, 0.1) is 11.4 Å². The Morgan fingerprint density at radius 2 is 1.78 bits per heavy atom. The number of carbonyl (C=O) groups excluding carboxylic acids is 1. The Morgan fingerprint density at radius 1 is 1.07 bits per heavy atom. The monoisotopic (exact) mass is 655 g/mol. The van der Waals surface area contributed by atoms with Gasteiger partial charge in [0.25, 0.3) is 0 Å². The normalized spacial score (nSPS) is 12.1. The van der Waals surface area contributed by atoms with Gasteiger partial charge in [0.1, 0.15) is 17.9 Å². The van der Waals surface area contributed by atoms with E-state index < -0.39 is 23.9 Å². The van der Waals surface area contributed by atoms with Gasteiger partial charge in [0, 0.05) is 18.7 Å². The molecule has 0 unspecified atom stereocenters. The number of ether oxygens (including phenoxy) is 1. The van der Waals surface area contributed by atoms with Gasteiger partial charge in [-0.05, 0) is 78.3 Å². The van der Waals surface area contributed by atoms with Crippen LogP contribution in [0.1, 0.15) is 37.8 Å². The fourth-order valence-electron chi connectivity index (χ4n) is 4.63. The van der Waals surface area contributed by atoms with Gasteiger partial charge in [-0.3, -0.25) is 0 Å². The lowest BCUT2D eigenvalue weighted by molar-refractivity contribution is -0.274. The zero-order valence-corrected chi connectivity index (χ0v) is 25.8. The van der Waals surface area contributed by atoms with Gasteiger partial charge in [-0.1, -0.05) is 44.2 Å². The molecule has 46 heavy (non-hydrogen) atoms. The van der Waals surface area contributed by atoms with Crippen LogP contribution in [0.15, 0.2) is 82.8 Å². The summed E-state index contributed by atoms with van der Waals surface area (Å²) in [5.74, 6) is -0.421.